The zero-order chi connectivity index (χ0) is 24.9. The number of rotatable bonds is 7. The summed E-state index contributed by atoms with van der Waals surface area (Å²) < 4.78 is 5.42. The Morgan fingerprint density at radius 2 is 1.72 bits per heavy atom. The molecule has 2 heterocycles. The van der Waals surface area contributed by atoms with Crippen molar-refractivity contribution in [3.05, 3.63) is 107 Å². The first-order valence-corrected chi connectivity index (χ1v) is 13.1. The second kappa shape index (κ2) is 11.0. The van der Waals surface area contributed by atoms with Gasteiger partial charge in [0.25, 0.3) is 5.91 Å². The fourth-order valence-corrected chi connectivity index (χ4v) is 5.29. The SMILES string of the molecule is O=C(COC(=O)c1cc(-c2cccs2)nc2ccccc12)Nc1ccccc1Sc1ccc(Cl)cc1. The van der Waals surface area contributed by atoms with Crippen LogP contribution in [-0.2, 0) is 9.53 Å². The fraction of sp³-hybridized carbons (Fsp3) is 0.0357. The summed E-state index contributed by atoms with van der Waals surface area (Å²) in [5.41, 5.74) is 2.38. The normalized spacial score (nSPS) is 10.8. The van der Waals surface area contributed by atoms with Gasteiger partial charge in [0, 0.05) is 20.2 Å². The number of benzene rings is 3. The molecule has 0 saturated carbocycles. The highest BCUT2D eigenvalue weighted by Gasteiger charge is 2.17. The number of carbonyl (C=O) groups is 2. The molecule has 5 nitrogen and oxygen atoms in total. The quantitative estimate of drug-likeness (QED) is 0.220. The molecule has 0 saturated heterocycles. The number of hydrogen-bond acceptors (Lipinski definition) is 6. The Morgan fingerprint density at radius 3 is 2.53 bits per heavy atom. The molecular formula is C28H19ClN2O3S2. The van der Waals surface area contributed by atoms with Crippen LogP contribution in [0.25, 0.3) is 21.5 Å². The van der Waals surface area contributed by atoms with Crippen molar-refractivity contribution in [3.8, 4) is 10.6 Å². The van der Waals surface area contributed by atoms with E-state index in [0.29, 0.717) is 32.9 Å². The van der Waals surface area contributed by atoms with E-state index in [1.807, 2.05) is 90.3 Å². The van der Waals surface area contributed by atoms with Crippen molar-refractivity contribution in [2.24, 2.45) is 0 Å². The number of para-hydroxylation sites is 2. The molecular weight excluding hydrogens is 512 g/mol. The number of esters is 1. The third-order valence-corrected chi connectivity index (χ3v) is 7.47. The summed E-state index contributed by atoms with van der Waals surface area (Å²) in [6.45, 7) is -0.413. The number of ether oxygens (including phenoxy) is 1. The van der Waals surface area contributed by atoms with Crippen LogP contribution >= 0.6 is 34.7 Å². The van der Waals surface area contributed by atoms with E-state index in [4.69, 9.17) is 16.3 Å². The summed E-state index contributed by atoms with van der Waals surface area (Å²) in [6, 6.07) is 27.9. The summed E-state index contributed by atoms with van der Waals surface area (Å²) in [5.74, 6) is -1.00. The molecule has 2 aromatic heterocycles. The van der Waals surface area contributed by atoms with E-state index >= 15 is 0 Å². The lowest BCUT2D eigenvalue weighted by Crippen LogP contribution is -2.21. The first-order chi connectivity index (χ1) is 17.6. The number of anilines is 1. The van der Waals surface area contributed by atoms with E-state index in [2.05, 4.69) is 10.3 Å². The molecule has 0 unspecified atom stereocenters. The zero-order valence-electron chi connectivity index (χ0n) is 18.8. The fourth-order valence-electron chi connectivity index (χ4n) is 3.58. The first-order valence-electron chi connectivity index (χ1n) is 11.0. The number of nitrogens with one attached hydrogen (secondary N) is 1. The highest BCUT2D eigenvalue weighted by Crippen LogP contribution is 2.34. The lowest BCUT2D eigenvalue weighted by Gasteiger charge is -2.12. The highest BCUT2D eigenvalue weighted by molar-refractivity contribution is 7.99. The predicted molar refractivity (Wildman–Crippen MR) is 146 cm³/mol. The maximum absolute atomic E-state index is 13.0. The van der Waals surface area contributed by atoms with E-state index in [1.165, 1.54) is 23.1 Å². The van der Waals surface area contributed by atoms with Gasteiger partial charge in [0.2, 0.25) is 0 Å². The van der Waals surface area contributed by atoms with Gasteiger partial charge in [-0.05, 0) is 60.0 Å². The van der Waals surface area contributed by atoms with Gasteiger partial charge in [-0.25, -0.2) is 9.78 Å². The van der Waals surface area contributed by atoms with Crippen molar-refractivity contribution < 1.29 is 14.3 Å². The molecule has 0 aliphatic rings. The van der Waals surface area contributed by atoms with Crippen LogP contribution in [-0.4, -0.2) is 23.5 Å². The Morgan fingerprint density at radius 1 is 0.944 bits per heavy atom. The van der Waals surface area contributed by atoms with E-state index in [0.717, 1.165) is 14.7 Å². The Bertz CT molecular complexity index is 1540. The van der Waals surface area contributed by atoms with Crippen LogP contribution in [0.15, 0.2) is 106 Å². The van der Waals surface area contributed by atoms with Crippen LogP contribution < -0.4 is 5.32 Å². The van der Waals surface area contributed by atoms with Gasteiger partial charge < -0.3 is 10.1 Å². The number of halogens is 1. The van der Waals surface area contributed by atoms with E-state index < -0.39 is 18.5 Å². The van der Waals surface area contributed by atoms with Crippen molar-refractivity contribution in [2.45, 2.75) is 9.79 Å². The van der Waals surface area contributed by atoms with Crippen molar-refractivity contribution >= 4 is 63.2 Å². The molecule has 178 valence electrons. The number of hydrogen-bond donors (Lipinski definition) is 1. The molecule has 0 fully saturated rings. The van der Waals surface area contributed by atoms with Gasteiger partial charge in [-0.2, -0.15) is 0 Å². The summed E-state index contributed by atoms with van der Waals surface area (Å²) in [6.07, 6.45) is 0. The first kappa shape index (κ1) is 24.1. The number of pyridine rings is 1. The van der Waals surface area contributed by atoms with Crippen molar-refractivity contribution in [1.29, 1.82) is 0 Å². The van der Waals surface area contributed by atoms with Gasteiger partial charge >= 0.3 is 5.97 Å². The molecule has 1 amide bonds. The summed E-state index contributed by atoms with van der Waals surface area (Å²) in [5, 5.41) is 6.14. The molecule has 8 heteroatoms. The van der Waals surface area contributed by atoms with Crippen LogP contribution in [0, 0.1) is 0 Å². The maximum Gasteiger partial charge on any atom is 0.339 e. The van der Waals surface area contributed by atoms with E-state index in [-0.39, 0.29) is 0 Å². The molecule has 5 rings (SSSR count). The van der Waals surface area contributed by atoms with Gasteiger partial charge in [0.15, 0.2) is 6.61 Å². The Kier molecular flexibility index (Phi) is 7.32. The van der Waals surface area contributed by atoms with E-state index in [9.17, 15) is 9.59 Å². The number of thiophene rings is 1. The average Bonchev–Trinajstić information content (AvgIpc) is 3.44. The van der Waals surface area contributed by atoms with Crippen LogP contribution in [0.3, 0.4) is 0 Å². The highest BCUT2D eigenvalue weighted by atomic mass is 35.5. The molecule has 1 N–H and O–H groups in total. The smallest absolute Gasteiger partial charge is 0.339 e. The van der Waals surface area contributed by atoms with E-state index in [1.54, 1.807) is 6.07 Å². The summed E-state index contributed by atoms with van der Waals surface area (Å²) in [7, 11) is 0. The molecule has 0 spiro atoms. The molecule has 0 aliphatic carbocycles. The lowest BCUT2D eigenvalue weighted by molar-refractivity contribution is -0.119. The molecule has 0 atom stereocenters. The van der Waals surface area contributed by atoms with Crippen molar-refractivity contribution in [3.63, 3.8) is 0 Å². The molecule has 5 aromatic rings. The lowest BCUT2D eigenvalue weighted by atomic mass is 10.1. The molecule has 3 aromatic carbocycles. The third kappa shape index (κ3) is 5.60. The number of fused-ring (bicyclic) bond motifs is 1. The molecule has 0 aliphatic heterocycles. The predicted octanol–water partition coefficient (Wildman–Crippen LogP) is 7.56. The van der Waals surface area contributed by atoms with Crippen LogP contribution in [0.5, 0.6) is 0 Å². The molecule has 0 bridgehead atoms. The topological polar surface area (TPSA) is 68.3 Å². The van der Waals surface area contributed by atoms with Crippen molar-refractivity contribution in [2.75, 3.05) is 11.9 Å². The number of aromatic nitrogens is 1. The largest absolute Gasteiger partial charge is 0.452 e. The van der Waals surface area contributed by atoms with Crippen LogP contribution in [0.1, 0.15) is 10.4 Å². The van der Waals surface area contributed by atoms with Gasteiger partial charge in [0.1, 0.15) is 0 Å². The minimum Gasteiger partial charge on any atom is -0.452 e. The van der Waals surface area contributed by atoms with Crippen LogP contribution in [0.2, 0.25) is 5.02 Å². The second-order valence-electron chi connectivity index (χ2n) is 7.73. The average molecular weight is 531 g/mol. The summed E-state index contributed by atoms with van der Waals surface area (Å²) >= 11 is 9.02. The second-order valence-corrected chi connectivity index (χ2v) is 10.2. The monoisotopic (exact) mass is 530 g/mol. The van der Waals surface area contributed by atoms with Crippen LogP contribution in [0.4, 0.5) is 5.69 Å². The maximum atomic E-state index is 13.0. The number of carbonyl (C=O) groups excluding carboxylic acids is 2. The van der Waals surface area contributed by atoms with Crippen molar-refractivity contribution in [1.82, 2.24) is 4.98 Å². The van der Waals surface area contributed by atoms with Gasteiger partial charge in [-0.15, -0.1) is 11.3 Å². The zero-order valence-corrected chi connectivity index (χ0v) is 21.2. The van der Waals surface area contributed by atoms with Gasteiger partial charge in [0.05, 0.1) is 27.3 Å². The minimum absolute atomic E-state index is 0.371. The van der Waals surface area contributed by atoms with Gasteiger partial charge in [-0.3, -0.25) is 4.79 Å². The Hall–Kier alpha value is -3.65. The molecule has 0 radical (unpaired) electrons. The standard InChI is InChI=1S/C28H19ClN2O3S2/c29-18-11-13-19(14-12-18)36-26-9-4-3-8-23(26)31-27(32)17-34-28(33)21-16-24(25-10-5-15-35-25)30-22-7-2-1-6-20(21)22/h1-16H,17H2,(H,31,32). The Balaban J connectivity index is 1.30. The third-order valence-electron chi connectivity index (χ3n) is 5.25. The minimum atomic E-state index is -0.578. The molecule has 36 heavy (non-hydrogen) atoms. The number of amides is 1. The Labute approximate surface area is 221 Å². The number of nitrogens with zero attached hydrogens (tertiary/aromatic N) is 1. The summed E-state index contributed by atoms with van der Waals surface area (Å²) in [4.78, 5) is 33.2. The van der Waals surface area contributed by atoms with Gasteiger partial charge in [-0.1, -0.05) is 59.8 Å².